The maximum Gasteiger partial charge on any atom is 0.416 e. The molecular formula is C14H16F3NO3. The molecule has 1 aliphatic heterocycles. The largest absolute Gasteiger partial charge is 0.467 e. The predicted molar refractivity (Wildman–Crippen MR) is 70.2 cm³/mol. The number of halogens is 3. The summed E-state index contributed by atoms with van der Waals surface area (Å²) in [6.07, 6.45) is -5.17. The fourth-order valence-electron chi connectivity index (χ4n) is 2.27. The summed E-state index contributed by atoms with van der Waals surface area (Å²) in [5, 5.41) is 0. The van der Waals surface area contributed by atoms with Gasteiger partial charge in [0.1, 0.15) is 0 Å². The van der Waals surface area contributed by atoms with E-state index >= 15 is 0 Å². The molecule has 116 valence electrons. The first kappa shape index (κ1) is 15.6. The fraction of sp³-hybridized carbons (Fsp3) is 0.500. The van der Waals surface area contributed by atoms with E-state index in [0.29, 0.717) is 17.8 Å². The maximum absolute atomic E-state index is 12.8. The average molecular weight is 303 g/mol. The third kappa shape index (κ3) is 3.47. The Morgan fingerprint density at radius 3 is 2.76 bits per heavy atom. The molecule has 0 aromatic heterocycles. The third-order valence-electron chi connectivity index (χ3n) is 3.41. The van der Waals surface area contributed by atoms with Crippen molar-refractivity contribution in [3.05, 3.63) is 29.3 Å². The van der Waals surface area contributed by atoms with Crippen LogP contribution >= 0.6 is 0 Å². The quantitative estimate of drug-likeness (QED) is 0.786. The summed E-state index contributed by atoms with van der Waals surface area (Å²) in [5.41, 5.74) is 0.472. The Kier molecular flexibility index (Phi) is 4.41. The third-order valence-corrected chi connectivity index (χ3v) is 3.41. The number of carbonyl (C=O) groups excluding carboxylic acids is 1. The van der Waals surface area contributed by atoms with Gasteiger partial charge in [0, 0.05) is 12.2 Å². The lowest BCUT2D eigenvalue weighted by atomic mass is 10.1. The molecule has 1 heterocycles. The van der Waals surface area contributed by atoms with Crippen LogP contribution in [-0.4, -0.2) is 38.9 Å². The van der Waals surface area contributed by atoms with Crippen molar-refractivity contribution in [3.8, 4) is 0 Å². The van der Waals surface area contributed by atoms with Gasteiger partial charge in [-0.3, -0.25) is 0 Å². The monoisotopic (exact) mass is 303 g/mol. The standard InChI is InChI=1S/C14H16F3NO3/c1-9-3-4-10(14(15,16)17)7-11(9)18-5-6-21-12(8-18)13(19)20-2/h3-4,7,12H,5-6,8H2,1-2H3. The Morgan fingerprint density at radius 2 is 2.14 bits per heavy atom. The first-order valence-corrected chi connectivity index (χ1v) is 6.45. The number of benzene rings is 1. The van der Waals surface area contributed by atoms with Gasteiger partial charge in [0.15, 0.2) is 6.10 Å². The number of aryl methyl sites for hydroxylation is 1. The summed E-state index contributed by atoms with van der Waals surface area (Å²) in [4.78, 5) is 13.2. The fourth-order valence-corrected chi connectivity index (χ4v) is 2.27. The van der Waals surface area contributed by atoms with Gasteiger partial charge in [-0.25, -0.2) is 4.79 Å². The van der Waals surface area contributed by atoms with Crippen LogP contribution in [0.5, 0.6) is 0 Å². The van der Waals surface area contributed by atoms with Crippen molar-refractivity contribution >= 4 is 11.7 Å². The molecule has 1 aliphatic rings. The van der Waals surface area contributed by atoms with Crippen LogP contribution in [0.3, 0.4) is 0 Å². The molecule has 0 aliphatic carbocycles. The minimum Gasteiger partial charge on any atom is -0.467 e. The number of nitrogens with zero attached hydrogens (tertiary/aromatic N) is 1. The number of morpholine rings is 1. The van der Waals surface area contributed by atoms with Crippen LogP contribution in [0, 0.1) is 6.92 Å². The smallest absolute Gasteiger partial charge is 0.416 e. The molecule has 1 aromatic rings. The van der Waals surface area contributed by atoms with Crippen LogP contribution in [0.15, 0.2) is 18.2 Å². The molecule has 0 bridgehead atoms. The highest BCUT2D eigenvalue weighted by atomic mass is 19.4. The average Bonchev–Trinajstić information content (AvgIpc) is 2.45. The van der Waals surface area contributed by atoms with Gasteiger partial charge in [0.05, 0.1) is 25.8 Å². The van der Waals surface area contributed by atoms with E-state index in [2.05, 4.69) is 4.74 Å². The van der Waals surface area contributed by atoms with Gasteiger partial charge in [0.2, 0.25) is 0 Å². The summed E-state index contributed by atoms with van der Waals surface area (Å²) < 4.78 is 48.3. The molecule has 21 heavy (non-hydrogen) atoms. The number of rotatable bonds is 2. The topological polar surface area (TPSA) is 38.8 Å². The lowest BCUT2D eigenvalue weighted by molar-refractivity contribution is -0.154. The van der Waals surface area contributed by atoms with Crippen LogP contribution in [0.25, 0.3) is 0 Å². The number of ether oxygens (including phenoxy) is 2. The second kappa shape index (κ2) is 5.93. The summed E-state index contributed by atoms with van der Waals surface area (Å²) in [5.74, 6) is -0.524. The maximum atomic E-state index is 12.8. The number of hydrogen-bond donors (Lipinski definition) is 0. The van der Waals surface area contributed by atoms with Crippen LogP contribution in [0.4, 0.5) is 18.9 Å². The molecule has 0 N–H and O–H groups in total. The van der Waals surface area contributed by atoms with E-state index < -0.39 is 23.8 Å². The number of anilines is 1. The van der Waals surface area contributed by atoms with Crippen molar-refractivity contribution in [1.29, 1.82) is 0 Å². The minimum atomic E-state index is -4.39. The molecule has 2 rings (SSSR count). The van der Waals surface area contributed by atoms with E-state index in [0.717, 1.165) is 12.1 Å². The number of carbonyl (C=O) groups is 1. The van der Waals surface area contributed by atoms with Gasteiger partial charge in [0.25, 0.3) is 0 Å². The van der Waals surface area contributed by atoms with E-state index in [1.54, 1.807) is 11.8 Å². The number of alkyl halides is 3. The summed E-state index contributed by atoms with van der Waals surface area (Å²) in [6.45, 7) is 2.60. The van der Waals surface area contributed by atoms with Crippen molar-refractivity contribution < 1.29 is 27.4 Å². The number of esters is 1. The highest BCUT2D eigenvalue weighted by Gasteiger charge is 2.33. The molecule has 0 radical (unpaired) electrons. The van der Waals surface area contributed by atoms with Crippen LogP contribution in [0.1, 0.15) is 11.1 Å². The van der Waals surface area contributed by atoms with Gasteiger partial charge < -0.3 is 14.4 Å². The van der Waals surface area contributed by atoms with E-state index in [1.165, 1.54) is 13.2 Å². The van der Waals surface area contributed by atoms with Crippen molar-refractivity contribution in [2.75, 3.05) is 31.7 Å². The lowest BCUT2D eigenvalue weighted by Crippen LogP contribution is -2.46. The van der Waals surface area contributed by atoms with Gasteiger partial charge in [-0.1, -0.05) is 6.07 Å². The van der Waals surface area contributed by atoms with E-state index in [4.69, 9.17) is 4.74 Å². The summed E-state index contributed by atoms with van der Waals surface area (Å²) in [6, 6.07) is 3.59. The summed E-state index contributed by atoms with van der Waals surface area (Å²) in [7, 11) is 1.25. The molecule has 1 unspecified atom stereocenters. The second-order valence-electron chi connectivity index (χ2n) is 4.83. The highest BCUT2D eigenvalue weighted by molar-refractivity contribution is 5.76. The molecule has 4 nitrogen and oxygen atoms in total. The zero-order chi connectivity index (χ0) is 15.6. The zero-order valence-corrected chi connectivity index (χ0v) is 11.7. The highest BCUT2D eigenvalue weighted by Crippen LogP contribution is 2.33. The lowest BCUT2D eigenvalue weighted by Gasteiger charge is -2.34. The number of methoxy groups -OCH3 is 1. The second-order valence-corrected chi connectivity index (χ2v) is 4.83. The van der Waals surface area contributed by atoms with Crippen LogP contribution in [-0.2, 0) is 20.4 Å². The summed E-state index contributed by atoms with van der Waals surface area (Å²) >= 11 is 0. The van der Waals surface area contributed by atoms with E-state index in [9.17, 15) is 18.0 Å². The van der Waals surface area contributed by atoms with Crippen LogP contribution in [0.2, 0.25) is 0 Å². The van der Waals surface area contributed by atoms with E-state index in [1.807, 2.05) is 0 Å². The SMILES string of the molecule is COC(=O)C1CN(c2cc(C(F)(F)F)ccc2C)CCO1. The van der Waals surface area contributed by atoms with Crippen molar-refractivity contribution in [3.63, 3.8) is 0 Å². The normalized spacial score (nSPS) is 19.5. The van der Waals surface area contributed by atoms with Gasteiger partial charge in [-0.05, 0) is 24.6 Å². The van der Waals surface area contributed by atoms with Gasteiger partial charge in [-0.2, -0.15) is 13.2 Å². The first-order chi connectivity index (χ1) is 9.82. The molecule has 1 fully saturated rings. The van der Waals surface area contributed by atoms with Crippen molar-refractivity contribution in [2.45, 2.75) is 19.2 Å². The van der Waals surface area contributed by atoms with Gasteiger partial charge >= 0.3 is 12.1 Å². The molecule has 1 atom stereocenters. The molecule has 1 saturated heterocycles. The number of hydrogen-bond acceptors (Lipinski definition) is 4. The Morgan fingerprint density at radius 1 is 1.43 bits per heavy atom. The molecule has 0 saturated carbocycles. The minimum absolute atomic E-state index is 0.175. The van der Waals surface area contributed by atoms with Crippen molar-refractivity contribution in [1.82, 2.24) is 0 Å². The Hall–Kier alpha value is -1.76. The van der Waals surface area contributed by atoms with Gasteiger partial charge in [-0.15, -0.1) is 0 Å². The molecular weight excluding hydrogens is 287 g/mol. The molecule has 7 heteroatoms. The molecule has 0 amide bonds. The Bertz CT molecular complexity index is 531. The van der Waals surface area contributed by atoms with E-state index in [-0.39, 0.29) is 13.2 Å². The van der Waals surface area contributed by atoms with Crippen molar-refractivity contribution in [2.24, 2.45) is 0 Å². The molecule has 0 spiro atoms. The Balaban J connectivity index is 2.26. The van der Waals surface area contributed by atoms with Crippen LogP contribution < -0.4 is 4.90 Å². The first-order valence-electron chi connectivity index (χ1n) is 6.45. The predicted octanol–water partition coefficient (Wildman–Crippen LogP) is 2.39. The molecule has 1 aromatic carbocycles. The zero-order valence-electron chi connectivity index (χ0n) is 11.7. The Labute approximate surface area is 120 Å².